The maximum absolute atomic E-state index is 11.8. The summed E-state index contributed by atoms with van der Waals surface area (Å²) >= 11 is 0. The summed E-state index contributed by atoms with van der Waals surface area (Å²) in [6, 6.07) is 10.1. The van der Waals surface area contributed by atoms with E-state index in [4.69, 9.17) is 0 Å². The fourth-order valence-corrected chi connectivity index (χ4v) is 3.00. The van der Waals surface area contributed by atoms with E-state index in [0.29, 0.717) is 6.42 Å². The van der Waals surface area contributed by atoms with Crippen LogP contribution in [0.3, 0.4) is 0 Å². The molecule has 0 radical (unpaired) electrons. The van der Waals surface area contributed by atoms with Gasteiger partial charge in [-0.2, -0.15) is 0 Å². The maximum Gasteiger partial charge on any atom is 0.325 e. The molecule has 1 aromatic carbocycles. The molecular weight excluding hydrogens is 280 g/mol. The SMILES string of the molecule is CN1C(=O)CC(N2CCN(Cc3ccccc3)CC2)NC1=O. The van der Waals surface area contributed by atoms with Gasteiger partial charge in [-0.15, -0.1) is 0 Å². The van der Waals surface area contributed by atoms with E-state index in [2.05, 4.69) is 39.4 Å². The average Bonchev–Trinajstić information content (AvgIpc) is 2.54. The van der Waals surface area contributed by atoms with Crippen molar-refractivity contribution in [1.82, 2.24) is 20.0 Å². The van der Waals surface area contributed by atoms with Gasteiger partial charge in [0.2, 0.25) is 5.91 Å². The van der Waals surface area contributed by atoms with Gasteiger partial charge in [0.15, 0.2) is 0 Å². The van der Waals surface area contributed by atoms with E-state index in [1.54, 1.807) is 0 Å². The molecule has 2 aliphatic rings. The number of piperazine rings is 1. The van der Waals surface area contributed by atoms with Crippen LogP contribution in [0.15, 0.2) is 30.3 Å². The van der Waals surface area contributed by atoms with E-state index in [1.807, 2.05) is 6.07 Å². The summed E-state index contributed by atoms with van der Waals surface area (Å²) in [7, 11) is 1.52. The molecule has 2 fully saturated rings. The Bertz CT molecular complexity index is 522. The molecule has 1 N–H and O–H groups in total. The Hall–Kier alpha value is -1.92. The van der Waals surface area contributed by atoms with Gasteiger partial charge in [0.1, 0.15) is 0 Å². The largest absolute Gasteiger partial charge is 0.325 e. The lowest BCUT2D eigenvalue weighted by Crippen LogP contribution is -2.62. The highest BCUT2D eigenvalue weighted by Gasteiger charge is 2.33. The molecule has 6 heteroatoms. The van der Waals surface area contributed by atoms with E-state index in [1.165, 1.54) is 12.6 Å². The molecule has 0 aromatic heterocycles. The lowest BCUT2D eigenvalue weighted by atomic mass is 10.1. The number of hydrogen-bond acceptors (Lipinski definition) is 4. The van der Waals surface area contributed by atoms with Crippen molar-refractivity contribution < 1.29 is 9.59 Å². The summed E-state index contributed by atoms with van der Waals surface area (Å²) in [5.74, 6) is -0.111. The molecular formula is C16H22N4O2. The van der Waals surface area contributed by atoms with Crippen molar-refractivity contribution >= 4 is 11.9 Å². The Morgan fingerprint density at radius 3 is 2.41 bits per heavy atom. The fraction of sp³-hybridized carbons (Fsp3) is 0.500. The van der Waals surface area contributed by atoms with Crippen LogP contribution in [-0.4, -0.2) is 66.0 Å². The molecule has 2 heterocycles. The first-order valence-electron chi connectivity index (χ1n) is 7.71. The summed E-state index contributed by atoms with van der Waals surface area (Å²) < 4.78 is 0. The number of amides is 3. The molecule has 1 unspecified atom stereocenters. The Labute approximate surface area is 130 Å². The van der Waals surface area contributed by atoms with Crippen molar-refractivity contribution in [1.29, 1.82) is 0 Å². The molecule has 0 saturated carbocycles. The van der Waals surface area contributed by atoms with Crippen LogP contribution in [-0.2, 0) is 11.3 Å². The summed E-state index contributed by atoms with van der Waals surface area (Å²) in [5, 5.41) is 2.90. The molecule has 2 saturated heterocycles. The first-order valence-corrected chi connectivity index (χ1v) is 7.71. The van der Waals surface area contributed by atoms with Crippen molar-refractivity contribution in [3.63, 3.8) is 0 Å². The monoisotopic (exact) mass is 302 g/mol. The van der Waals surface area contributed by atoms with Crippen molar-refractivity contribution in [3.05, 3.63) is 35.9 Å². The number of hydrogen-bond donors (Lipinski definition) is 1. The van der Waals surface area contributed by atoms with Crippen molar-refractivity contribution in [2.24, 2.45) is 0 Å². The number of urea groups is 1. The van der Waals surface area contributed by atoms with Crippen LogP contribution < -0.4 is 5.32 Å². The van der Waals surface area contributed by atoms with Crippen LogP contribution in [0.2, 0.25) is 0 Å². The van der Waals surface area contributed by atoms with E-state index in [0.717, 1.165) is 37.6 Å². The third-order valence-corrected chi connectivity index (χ3v) is 4.43. The Kier molecular flexibility index (Phi) is 4.40. The third kappa shape index (κ3) is 3.28. The van der Waals surface area contributed by atoms with Crippen LogP contribution in [0.1, 0.15) is 12.0 Å². The zero-order valence-corrected chi connectivity index (χ0v) is 12.9. The molecule has 1 aromatic rings. The number of benzene rings is 1. The maximum atomic E-state index is 11.8. The van der Waals surface area contributed by atoms with Crippen molar-refractivity contribution in [3.8, 4) is 0 Å². The smallest absolute Gasteiger partial charge is 0.322 e. The number of imide groups is 1. The highest BCUT2D eigenvalue weighted by Crippen LogP contribution is 2.14. The highest BCUT2D eigenvalue weighted by atomic mass is 16.2. The van der Waals surface area contributed by atoms with Crippen LogP contribution in [0.25, 0.3) is 0 Å². The molecule has 6 nitrogen and oxygen atoms in total. The first kappa shape index (κ1) is 15.0. The fourth-order valence-electron chi connectivity index (χ4n) is 3.00. The standard InChI is InChI=1S/C16H22N4O2/c1-18-15(21)11-14(17-16(18)22)20-9-7-19(8-10-20)12-13-5-3-2-4-6-13/h2-6,14H,7-12H2,1H3,(H,17,22). The first-order chi connectivity index (χ1) is 10.6. The second-order valence-corrected chi connectivity index (χ2v) is 5.92. The Balaban J connectivity index is 1.51. The van der Waals surface area contributed by atoms with Gasteiger partial charge in [-0.1, -0.05) is 30.3 Å². The number of nitrogens with zero attached hydrogens (tertiary/aromatic N) is 3. The third-order valence-electron chi connectivity index (χ3n) is 4.43. The minimum Gasteiger partial charge on any atom is -0.322 e. The van der Waals surface area contributed by atoms with Gasteiger partial charge < -0.3 is 5.32 Å². The molecule has 0 aliphatic carbocycles. The van der Waals surface area contributed by atoms with Crippen LogP contribution >= 0.6 is 0 Å². The summed E-state index contributed by atoms with van der Waals surface area (Å²) in [6.45, 7) is 4.59. The number of nitrogens with one attached hydrogen (secondary N) is 1. The summed E-state index contributed by atoms with van der Waals surface area (Å²) in [4.78, 5) is 29.3. The Morgan fingerprint density at radius 1 is 1.09 bits per heavy atom. The van der Waals surface area contributed by atoms with Crippen molar-refractivity contribution in [2.75, 3.05) is 33.2 Å². The summed E-state index contributed by atoms with van der Waals surface area (Å²) in [5.41, 5.74) is 1.32. The average molecular weight is 302 g/mol. The number of carbonyl (C=O) groups is 2. The molecule has 118 valence electrons. The number of carbonyl (C=O) groups excluding carboxylic acids is 2. The van der Waals surface area contributed by atoms with Gasteiger partial charge in [-0.3, -0.25) is 19.5 Å². The van der Waals surface area contributed by atoms with Gasteiger partial charge in [0.25, 0.3) is 0 Å². The molecule has 0 bridgehead atoms. The van der Waals surface area contributed by atoms with E-state index >= 15 is 0 Å². The van der Waals surface area contributed by atoms with Gasteiger partial charge in [0, 0.05) is 39.8 Å². The second kappa shape index (κ2) is 6.46. The normalized spacial score (nSPS) is 24.4. The Morgan fingerprint density at radius 2 is 1.77 bits per heavy atom. The van der Waals surface area contributed by atoms with Gasteiger partial charge in [-0.25, -0.2) is 4.79 Å². The molecule has 2 aliphatic heterocycles. The van der Waals surface area contributed by atoms with Crippen LogP contribution in [0.4, 0.5) is 4.79 Å². The molecule has 3 rings (SSSR count). The van der Waals surface area contributed by atoms with E-state index in [-0.39, 0.29) is 18.1 Å². The van der Waals surface area contributed by atoms with Gasteiger partial charge in [0.05, 0.1) is 12.6 Å². The second-order valence-electron chi connectivity index (χ2n) is 5.92. The van der Waals surface area contributed by atoms with E-state index < -0.39 is 0 Å². The molecule has 3 amide bonds. The highest BCUT2D eigenvalue weighted by molar-refractivity contribution is 5.96. The molecule has 1 atom stereocenters. The van der Waals surface area contributed by atoms with Crippen LogP contribution in [0, 0.1) is 0 Å². The topological polar surface area (TPSA) is 55.9 Å². The van der Waals surface area contributed by atoms with Crippen LogP contribution in [0.5, 0.6) is 0 Å². The minimum absolute atomic E-state index is 0.111. The lowest BCUT2D eigenvalue weighted by Gasteiger charge is -2.41. The quantitative estimate of drug-likeness (QED) is 0.893. The minimum atomic E-state index is -0.298. The predicted octanol–water partition coefficient (Wildman–Crippen LogP) is 0.702. The molecule has 0 spiro atoms. The zero-order valence-electron chi connectivity index (χ0n) is 12.9. The van der Waals surface area contributed by atoms with E-state index in [9.17, 15) is 9.59 Å². The molecule has 22 heavy (non-hydrogen) atoms. The van der Waals surface area contributed by atoms with Crippen molar-refractivity contribution in [2.45, 2.75) is 19.1 Å². The number of rotatable bonds is 3. The van der Waals surface area contributed by atoms with Gasteiger partial charge in [-0.05, 0) is 5.56 Å². The van der Waals surface area contributed by atoms with Gasteiger partial charge >= 0.3 is 6.03 Å². The summed E-state index contributed by atoms with van der Waals surface area (Å²) in [6.07, 6.45) is 0.205. The lowest BCUT2D eigenvalue weighted by molar-refractivity contribution is -0.130. The predicted molar refractivity (Wildman–Crippen MR) is 83.0 cm³/mol. The zero-order chi connectivity index (χ0) is 15.5.